The molecule has 0 saturated heterocycles. The first kappa shape index (κ1) is 20.4. The Kier molecular flexibility index (Phi) is 22.1. The second-order valence-electron chi connectivity index (χ2n) is 3.82. The molecule has 0 aliphatic carbocycles. The minimum absolute atomic E-state index is 0.245. The predicted octanol–water partition coefficient (Wildman–Crippen LogP) is 4.86. The summed E-state index contributed by atoms with van der Waals surface area (Å²) >= 11 is 3.23. The van der Waals surface area contributed by atoms with Crippen LogP contribution in [0.25, 0.3) is 0 Å². The number of hydrogen-bond donors (Lipinski definition) is 0. The Morgan fingerprint density at radius 3 is 1.61 bits per heavy atom. The molecule has 0 aromatic carbocycles. The first-order valence-corrected chi connectivity index (χ1v) is 8.46. The van der Waals surface area contributed by atoms with Gasteiger partial charge in [-0.2, -0.15) is 0 Å². The molecular formula is C13H28O3S2. The minimum Gasteiger partial charge on any atom is -0.469 e. The van der Waals surface area contributed by atoms with E-state index in [1.54, 1.807) is 24.1 Å². The number of ether oxygens (including phenoxy) is 1. The molecule has 0 saturated carbocycles. The van der Waals surface area contributed by atoms with Gasteiger partial charge in [0.2, 0.25) is 0 Å². The van der Waals surface area contributed by atoms with Gasteiger partial charge in [-0.15, -0.1) is 0 Å². The predicted molar refractivity (Wildman–Crippen MR) is 82.7 cm³/mol. The summed E-state index contributed by atoms with van der Waals surface area (Å²) in [7, 11) is 1.35. The fourth-order valence-corrected chi connectivity index (χ4v) is 2.38. The molecule has 0 bridgehead atoms. The van der Waals surface area contributed by atoms with Crippen LogP contribution in [-0.4, -0.2) is 24.6 Å². The lowest BCUT2D eigenvalue weighted by molar-refractivity contribution is -0.137. The van der Waals surface area contributed by atoms with E-state index in [1.165, 1.54) is 52.6 Å². The van der Waals surface area contributed by atoms with Gasteiger partial charge >= 0.3 is 5.97 Å². The number of carbonyl (C=O) groups is 1. The molecule has 110 valence electrons. The van der Waals surface area contributed by atoms with Crippen molar-refractivity contribution in [3.63, 3.8) is 0 Å². The van der Waals surface area contributed by atoms with Crippen molar-refractivity contribution in [1.29, 1.82) is 0 Å². The molecule has 0 spiro atoms. The van der Waals surface area contributed by atoms with Crippen LogP contribution in [0.5, 0.6) is 0 Å². The Bertz CT molecular complexity index is 156. The van der Waals surface area contributed by atoms with E-state index < -0.39 is 0 Å². The number of methoxy groups -OCH3 is 1. The van der Waals surface area contributed by atoms with Crippen molar-refractivity contribution in [3.8, 4) is 0 Å². The first-order valence-electron chi connectivity index (χ1n) is 6.64. The Morgan fingerprint density at radius 2 is 1.33 bits per heavy atom. The second kappa shape index (κ2) is 19.5. The minimum atomic E-state index is -0.245. The summed E-state index contributed by atoms with van der Waals surface area (Å²) in [6.45, 7) is 5.82. The molecular weight excluding hydrogens is 268 g/mol. The van der Waals surface area contributed by atoms with Gasteiger partial charge in [-0.05, 0) is 12.8 Å². The van der Waals surface area contributed by atoms with Crippen LogP contribution in [0.1, 0.15) is 59.3 Å². The summed E-state index contributed by atoms with van der Waals surface area (Å²) in [4.78, 5) is 9.59. The summed E-state index contributed by atoms with van der Waals surface area (Å²) in [6, 6.07) is 0. The van der Waals surface area contributed by atoms with Gasteiger partial charge in [-0.25, -0.2) is 3.63 Å². The van der Waals surface area contributed by atoms with Gasteiger partial charge < -0.3 is 4.74 Å². The van der Waals surface area contributed by atoms with E-state index in [0.717, 1.165) is 11.5 Å². The smallest absolute Gasteiger partial charge is 0.302 e. The SMILES string of the molecule is CCCCCSOSCCCCC.COC(C)=O. The monoisotopic (exact) mass is 296 g/mol. The molecule has 3 nitrogen and oxygen atoms in total. The highest BCUT2D eigenvalue weighted by Crippen LogP contribution is 2.17. The van der Waals surface area contributed by atoms with Crippen molar-refractivity contribution < 1.29 is 13.2 Å². The lowest BCUT2D eigenvalue weighted by Crippen LogP contribution is -1.88. The van der Waals surface area contributed by atoms with E-state index >= 15 is 0 Å². The Morgan fingerprint density at radius 1 is 0.944 bits per heavy atom. The quantitative estimate of drug-likeness (QED) is 0.327. The molecule has 0 heterocycles. The summed E-state index contributed by atoms with van der Waals surface area (Å²) in [5.74, 6) is 2.05. The zero-order valence-electron chi connectivity index (χ0n) is 12.2. The van der Waals surface area contributed by atoms with Crippen molar-refractivity contribution >= 4 is 30.1 Å². The molecule has 0 N–H and O–H groups in total. The average Bonchev–Trinajstić information content (AvgIpc) is 2.37. The van der Waals surface area contributed by atoms with Crippen LogP contribution in [0, 0.1) is 0 Å². The van der Waals surface area contributed by atoms with Crippen molar-refractivity contribution in [3.05, 3.63) is 0 Å². The van der Waals surface area contributed by atoms with Crippen molar-refractivity contribution in [1.82, 2.24) is 0 Å². The molecule has 0 aliphatic heterocycles. The lowest BCUT2D eigenvalue weighted by Gasteiger charge is -2.00. The molecule has 0 atom stereocenters. The zero-order chi connectivity index (χ0) is 14.1. The Labute approximate surface area is 121 Å². The number of rotatable bonds is 10. The maximum Gasteiger partial charge on any atom is 0.302 e. The van der Waals surface area contributed by atoms with Crippen LogP contribution in [0.3, 0.4) is 0 Å². The van der Waals surface area contributed by atoms with Gasteiger partial charge in [0.15, 0.2) is 0 Å². The molecule has 0 unspecified atom stereocenters. The lowest BCUT2D eigenvalue weighted by atomic mass is 10.3. The summed E-state index contributed by atoms with van der Waals surface area (Å²) in [5, 5.41) is 0. The van der Waals surface area contributed by atoms with E-state index in [-0.39, 0.29) is 5.97 Å². The summed E-state index contributed by atoms with van der Waals surface area (Å²) in [5.41, 5.74) is 0. The van der Waals surface area contributed by atoms with E-state index in [0.29, 0.717) is 0 Å². The fraction of sp³-hybridized carbons (Fsp3) is 0.923. The molecule has 0 fully saturated rings. The van der Waals surface area contributed by atoms with Crippen LogP contribution < -0.4 is 0 Å². The highest BCUT2D eigenvalue weighted by molar-refractivity contribution is 8.07. The highest BCUT2D eigenvalue weighted by atomic mass is 32.2. The molecule has 0 aromatic rings. The Hall–Kier alpha value is 0.130. The van der Waals surface area contributed by atoms with Gasteiger partial charge in [0, 0.05) is 42.5 Å². The maximum atomic E-state index is 9.59. The van der Waals surface area contributed by atoms with Crippen LogP contribution in [0.4, 0.5) is 0 Å². The van der Waals surface area contributed by atoms with Gasteiger partial charge in [0.25, 0.3) is 0 Å². The van der Waals surface area contributed by atoms with Crippen molar-refractivity contribution in [2.24, 2.45) is 0 Å². The molecule has 0 aliphatic rings. The molecule has 0 amide bonds. The van der Waals surface area contributed by atoms with E-state index in [1.807, 2.05) is 0 Å². The first-order chi connectivity index (χ1) is 8.68. The summed E-state index contributed by atoms with van der Waals surface area (Å²) < 4.78 is 9.47. The topological polar surface area (TPSA) is 35.5 Å². The zero-order valence-corrected chi connectivity index (χ0v) is 13.8. The van der Waals surface area contributed by atoms with Crippen LogP contribution in [-0.2, 0) is 13.2 Å². The third kappa shape index (κ3) is 25.1. The second-order valence-corrected chi connectivity index (χ2v) is 5.65. The third-order valence-corrected chi connectivity index (χ3v) is 3.73. The highest BCUT2D eigenvalue weighted by Gasteiger charge is 1.92. The van der Waals surface area contributed by atoms with Crippen molar-refractivity contribution in [2.75, 3.05) is 18.6 Å². The van der Waals surface area contributed by atoms with Gasteiger partial charge in [-0.3, -0.25) is 4.79 Å². The largest absolute Gasteiger partial charge is 0.469 e. The van der Waals surface area contributed by atoms with Crippen molar-refractivity contribution in [2.45, 2.75) is 59.3 Å². The molecule has 0 radical (unpaired) electrons. The van der Waals surface area contributed by atoms with E-state index in [2.05, 4.69) is 18.6 Å². The average molecular weight is 296 g/mol. The summed E-state index contributed by atoms with van der Waals surface area (Å²) in [6.07, 6.45) is 7.83. The van der Waals surface area contributed by atoms with Gasteiger partial charge in [-0.1, -0.05) is 39.5 Å². The van der Waals surface area contributed by atoms with Crippen LogP contribution in [0.15, 0.2) is 0 Å². The number of hydrogen-bond acceptors (Lipinski definition) is 5. The van der Waals surface area contributed by atoms with Gasteiger partial charge in [0.05, 0.1) is 7.11 Å². The number of esters is 1. The molecule has 5 heteroatoms. The van der Waals surface area contributed by atoms with Crippen LogP contribution in [0.2, 0.25) is 0 Å². The van der Waals surface area contributed by atoms with E-state index in [9.17, 15) is 4.79 Å². The maximum absolute atomic E-state index is 9.59. The fourth-order valence-electron chi connectivity index (χ4n) is 0.924. The molecule has 18 heavy (non-hydrogen) atoms. The third-order valence-electron chi connectivity index (χ3n) is 2.05. The van der Waals surface area contributed by atoms with E-state index in [4.69, 9.17) is 3.63 Å². The van der Waals surface area contributed by atoms with Crippen LogP contribution >= 0.6 is 24.1 Å². The molecule has 0 aromatic heterocycles. The number of carbonyl (C=O) groups excluding carboxylic acids is 1. The molecule has 0 rings (SSSR count). The van der Waals surface area contributed by atoms with Gasteiger partial charge in [0.1, 0.15) is 0 Å². The standard InChI is InChI=1S/C10H22OS2.C3H6O2/c1-3-5-7-9-12-11-13-10-8-6-4-2;1-3(4)5-2/h3-10H2,1-2H3;1-2H3. The number of unbranched alkanes of at least 4 members (excludes halogenated alkanes) is 4. The normalized spacial score (nSPS) is 9.56. The Balaban J connectivity index is 0.